The fourth-order valence-electron chi connectivity index (χ4n) is 3.78. The molecule has 1 fully saturated rings. The zero-order valence-electron chi connectivity index (χ0n) is 18.1. The first-order chi connectivity index (χ1) is 14.2. The minimum atomic E-state index is -3.64. The first-order valence-corrected chi connectivity index (χ1v) is 12.0. The summed E-state index contributed by atoms with van der Waals surface area (Å²) in [6.07, 6.45) is -0.0624. The molecule has 2 heterocycles. The lowest BCUT2D eigenvalue weighted by atomic mass is 10.0. The molecule has 0 spiro atoms. The molecule has 1 saturated heterocycles. The Morgan fingerprint density at radius 3 is 2.73 bits per heavy atom. The number of sulfonamides is 1. The van der Waals surface area contributed by atoms with Crippen molar-refractivity contribution in [1.82, 2.24) is 14.9 Å². The lowest BCUT2D eigenvalue weighted by Crippen LogP contribution is -2.50. The predicted octanol–water partition coefficient (Wildman–Crippen LogP) is 1.22. The Kier molecular flexibility index (Phi) is 7.15. The maximum atomic E-state index is 12.9. The SMILES string of the molecule is CC(C)CN1CCOC(CNC(=O)[C@@H](N=C2NS(=O)(=O)c3ccccc32)C(C)C)C1. The number of nitrogens with zero attached hydrogens (tertiary/aromatic N) is 2. The van der Waals surface area contributed by atoms with E-state index in [1.165, 1.54) is 6.07 Å². The Bertz CT molecular complexity index is 898. The van der Waals surface area contributed by atoms with Crippen molar-refractivity contribution in [3.63, 3.8) is 0 Å². The molecule has 0 bridgehead atoms. The van der Waals surface area contributed by atoms with Gasteiger partial charge >= 0.3 is 0 Å². The van der Waals surface area contributed by atoms with Crippen LogP contribution in [0.25, 0.3) is 0 Å². The normalized spacial score (nSPS) is 23.4. The Balaban J connectivity index is 1.67. The topological polar surface area (TPSA) is 100 Å². The summed E-state index contributed by atoms with van der Waals surface area (Å²) in [5.41, 5.74) is 0.496. The van der Waals surface area contributed by atoms with Crippen LogP contribution < -0.4 is 10.0 Å². The third kappa shape index (κ3) is 5.39. The van der Waals surface area contributed by atoms with Crippen LogP contribution in [0, 0.1) is 11.8 Å². The number of hydrogen-bond donors (Lipinski definition) is 2. The summed E-state index contributed by atoms with van der Waals surface area (Å²) in [6.45, 7) is 11.9. The van der Waals surface area contributed by atoms with Crippen molar-refractivity contribution in [2.45, 2.75) is 44.7 Å². The van der Waals surface area contributed by atoms with Gasteiger partial charge in [-0.2, -0.15) is 0 Å². The van der Waals surface area contributed by atoms with Crippen molar-refractivity contribution in [2.24, 2.45) is 16.8 Å². The number of rotatable bonds is 7. The van der Waals surface area contributed by atoms with Gasteiger partial charge in [0, 0.05) is 31.7 Å². The maximum absolute atomic E-state index is 12.9. The molecule has 30 heavy (non-hydrogen) atoms. The van der Waals surface area contributed by atoms with Gasteiger partial charge in [-0.3, -0.25) is 19.4 Å². The molecule has 1 aromatic carbocycles. The minimum absolute atomic E-state index is 0.0624. The molecular formula is C21H32N4O4S. The van der Waals surface area contributed by atoms with E-state index in [2.05, 4.69) is 33.8 Å². The van der Waals surface area contributed by atoms with E-state index in [1.54, 1.807) is 18.2 Å². The molecule has 2 N–H and O–H groups in total. The van der Waals surface area contributed by atoms with E-state index in [4.69, 9.17) is 4.74 Å². The molecule has 0 saturated carbocycles. The second-order valence-electron chi connectivity index (χ2n) is 8.66. The lowest BCUT2D eigenvalue weighted by Gasteiger charge is -2.34. The van der Waals surface area contributed by atoms with Gasteiger partial charge in [-0.25, -0.2) is 8.42 Å². The van der Waals surface area contributed by atoms with Crippen molar-refractivity contribution in [3.8, 4) is 0 Å². The van der Waals surface area contributed by atoms with E-state index in [0.29, 0.717) is 24.6 Å². The number of aliphatic imine (C=N–C) groups is 1. The number of hydrogen-bond acceptors (Lipinski definition) is 6. The van der Waals surface area contributed by atoms with Gasteiger partial charge in [0.1, 0.15) is 11.9 Å². The highest BCUT2D eigenvalue weighted by molar-refractivity contribution is 7.90. The van der Waals surface area contributed by atoms with Gasteiger partial charge in [-0.1, -0.05) is 39.8 Å². The summed E-state index contributed by atoms with van der Waals surface area (Å²) in [5, 5.41) is 2.95. The van der Waals surface area contributed by atoms with Crippen molar-refractivity contribution < 1.29 is 17.9 Å². The summed E-state index contributed by atoms with van der Waals surface area (Å²) in [4.78, 5) is 19.9. The highest BCUT2D eigenvalue weighted by atomic mass is 32.2. The molecule has 2 atom stereocenters. The summed E-state index contributed by atoms with van der Waals surface area (Å²) >= 11 is 0. The van der Waals surface area contributed by atoms with E-state index in [0.717, 1.165) is 19.6 Å². The van der Waals surface area contributed by atoms with Crippen LogP contribution in [0.2, 0.25) is 0 Å². The molecule has 1 aromatic rings. The molecule has 8 nitrogen and oxygen atoms in total. The highest BCUT2D eigenvalue weighted by Gasteiger charge is 2.33. The Morgan fingerprint density at radius 2 is 2.03 bits per heavy atom. The summed E-state index contributed by atoms with van der Waals surface area (Å²) in [5.74, 6) is 0.471. The number of carbonyl (C=O) groups excluding carboxylic acids is 1. The van der Waals surface area contributed by atoms with Crippen molar-refractivity contribution in [1.29, 1.82) is 0 Å². The number of ether oxygens (including phenoxy) is 1. The molecule has 1 unspecified atom stereocenters. The third-order valence-electron chi connectivity index (χ3n) is 5.18. The fourth-order valence-corrected chi connectivity index (χ4v) is 5.02. The van der Waals surface area contributed by atoms with Crippen LogP contribution in [0.4, 0.5) is 0 Å². The molecule has 2 aliphatic heterocycles. The number of morpholine rings is 1. The van der Waals surface area contributed by atoms with E-state index in [1.807, 2.05) is 13.8 Å². The van der Waals surface area contributed by atoms with Crippen LogP contribution in [-0.4, -0.2) is 70.0 Å². The Hall–Kier alpha value is -1.97. The van der Waals surface area contributed by atoms with E-state index in [9.17, 15) is 13.2 Å². The number of amides is 1. The van der Waals surface area contributed by atoms with Gasteiger partial charge in [-0.05, 0) is 24.0 Å². The maximum Gasteiger partial charge on any atom is 0.263 e. The van der Waals surface area contributed by atoms with Gasteiger partial charge in [0.2, 0.25) is 5.91 Å². The fraction of sp³-hybridized carbons (Fsp3) is 0.619. The molecule has 0 radical (unpaired) electrons. The Labute approximate surface area is 179 Å². The van der Waals surface area contributed by atoms with Crippen LogP contribution in [0.15, 0.2) is 34.2 Å². The lowest BCUT2D eigenvalue weighted by molar-refractivity contribution is -0.124. The molecule has 166 valence electrons. The van der Waals surface area contributed by atoms with Crippen LogP contribution >= 0.6 is 0 Å². The third-order valence-corrected chi connectivity index (χ3v) is 6.58. The van der Waals surface area contributed by atoms with Crippen LogP contribution in [0.1, 0.15) is 33.3 Å². The highest BCUT2D eigenvalue weighted by Crippen LogP contribution is 2.23. The van der Waals surface area contributed by atoms with E-state index >= 15 is 0 Å². The largest absolute Gasteiger partial charge is 0.374 e. The van der Waals surface area contributed by atoms with E-state index in [-0.39, 0.29) is 28.7 Å². The van der Waals surface area contributed by atoms with Gasteiger partial charge in [0.15, 0.2) is 0 Å². The van der Waals surface area contributed by atoms with Crippen LogP contribution in [0.5, 0.6) is 0 Å². The Morgan fingerprint density at radius 1 is 1.30 bits per heavy atom. The number of carbonyl (C=O) groups is 1. The second kappa shape index (κ2) is 9.45. The average Bonchev–Trinajstić information content (AvgIpc) is 2.94. The number of fused-ring (bicyclic) bond motifs is 1. The molecule has 9 heteroatoms. The van der Waals surface area contributed by atoms with Crippen molar-refractivity contribution in [2.75, 3.05) is 32.8 Å². The van der Waals surface area contributed by atoms with E-state index < -0.39 is 16.1 Å². The predicted molar refractivity (Wildman–Crippen MR) is 116 cm³/mol. The zero-order chi connectivity index (χ0) is 21.9. The molecule has 2 aliphatic rings. The molecule has 0 aromatic heterocycles. The quantitative estimate of drug-likeness (QED) is 0.670. The first-order valence-electron chi connectivity index (χ1n) is 10.5. The second-order valence-corrected chi connectivity index (χ2v) is 10.3. The van der Waals surface area contributed by atoms with Crippen molar-refractivity contribution >= 4 is 21.8 Å². The molecular weight excluding hydrogens is 404 g/mol. The van der Waals surface area contributed by atoms with Crippen molar-refractivity contribution in [3.05, 3.63) is 29.8 Å². The summed E-state index contributed by atoms with van der Waals surface area (Å²) in [7, 11) is -3.64. The average molecular weight is 437 g/mol. The standard InChI is InChI=1S/C21H32N4O4S/c1-14(2)12-25-9-10-29-16(13-25)11-22-21(26)19(15(3)4)23-20-17-7-5-6-8-18(17)30(27,28)24-20/h5-8,14-16,19H,9-13H2,1-4H3,(H,22,26)(H,23,24)/t16?,19-/m0/s1. The van der Waals surface area contributed by atoms with Gasteiger partial charge in [0.25, 0.3) is 10.0 Å². The number of amidine groups is 1. The van der Waals surface area contributed by atoms with Crippen LogP contribution in [0.3, 0.4) is 0 Å². The number of benzene rings is 1. The minimum Gasteiger partial charge on any atom is -0.374 e. The zero-order valence-corrected chi connectivity index (χ0v) is 18.9. The molecule has 1 amide bonds. The summed E-state index contributed by atoms with van der Waals surface area (Å²) < 4.78 is 32.9. The first kappa shape index (κ1) is 22.7. The monoisotopic (exact) mass is 436 g/mol. The van der Waals surface area contributed by atoms with Gasteiger partial charge in [0.05, 0.1) is 17.6 Å². The molecule has 0 aliphatic carbocycles. The smallest absolute Gasteiger partial charge is 0.263 e. The summed E-state index contributed by atoms with van der Waals surface area (Å²) in [6, 6.07) is 5.95. The molecule has 3 rings (SSSR count). The van der Waals surface area contributed by atoms with Gasteiger partial charge in [-0.15, -0.1) is 0 Å². The van der Waals surface area contributed by atoms with Crippen LogP contribution in [-0.2, 0) is 19.6 Å². The van der Waals surface area contributed by atoms with Gasteiger partial charge < -0.3 is 10.1 Å². The number of nitrogens with one attached hydrogen (secondary N) is 2.